The fraction of sp³-hybridized carbons (Fsp3) is 0.318. The van der Waals surface area contributed by atoms with Crippen LogP contribution in [0.1, 0.15) is 25.0 Å². The second-order valence-corrected chi connectivity index (χ2v) is 8.45. The molecule has 0 spiro atoms. The molecule has 0 saturated heterocycles. The van der Waals surface area contributed by atoms with Gasteiger partial charge in [-0.15, -0.1) is 0 Å². The van der Waals surface area contributed by atoms with Gasteiger partial charge in [0.1, 0.15) is 4.49 Å². The molecule has 26 heavy (non-hydrogen) atoms. The topological polar surface area (TPSA) is 20.3 Å². The Morgan fingerprint density at radius 2 is 1.42 bits per heavy atom. The first kappa shape index (κ1) is 19.0. The summed E-state index contributed by atoms with van der Waals surface area (Å²) < 4.78 is 0.232. The molecule has 0 radical (unpaired) electrons. The zero-order chi connectivity index (χ0) is 18.7. The summed E-state index contributed by atoms with van der Waals surface area (Å²) in [5, 5.41) is 0. The highest BCUT2D eigenvalue weighted by atomic mass is 35.5. The first-order chi connectivity index (χ1) is 12.4. The molecule has 0 aromatic heterocycles. The summed E-state index contributed by atoms with van der Waals surface area (Å²) in [7, 11) is 0. The van der Waals surface area contributed by atoms with Crippen LogP contribution in [0.15, 0.2) is 71.2 Å². The van der Waals surface area contributed by atoms with Crippen LogP contribution in [0.3, 0.4) is 0 Å². The van der Waals surface area contributed by atoms with E-state index in [1.54, 1.807) is 6.08 Å². The number of benzene rings is 2. The predicted molar refractivity (Wildman–Crippen MR) is 108 cm³/mol. The molecule has 2 aromatic rings. The molecule has 1 aliphatic rings. The molecule has 0 aliphatic heterocycles. The van der Waals surface area contributed by atoms with Gasteiger partial charge in [0.05, 0.1) is 5.92 Å². The maximum Gasteiger partial charge on any atom is 0.227 e. The van der Waals surface area contributed by atoms with Crippen molar-refractivity contribution in [3.8, 4) is 0 Å². The molecule has 4 heteroatoms. The monoisotopic (exact) mass is 387 g/mol. The van der Waals surface area contributed by atoms with E-state index in [0.717, 1.165) is 11.1 Å². The minimum atomic E-state index is -0.127. The number of rotatable bonds is 6. The van der Waals surface area contributed by atoms with Crippen molar-refractivity contribution >= 4 is 29.1 Å². The van der Waals surface area contributed by atoms with Crippen LogP contribution in [0.5, 0.6) is 0 Å². The van der Waals surface area contributed by atoms with Crippen LogP contribution in [0.25, 0.3) is 0 Å². The van der Waals surface area contributed by atoms with Gasteiger partial charge in [-0.2, -0.15) is 0 Å². The molecule has 2 nitrogen and oxygen atoms in total. The molecule has 2 atom stereocenters. The van der Waals surface area contributed by atoms with E-state index in [-0.39, 0.29) is 27.6 Å². The van der Waals surface area contributed by atoms with E-state index in [1.807, 2.05) is 41.3 Å². The van der Waals surface area contributed by atoms with Gasteiger partial charge in [-0.1, -0.05) is 97.7 Å². The highest BCUT2D eigenvalue weighted by Gasteiger charge is 2.61. The zero-order valence-electron chi connectivity index (χ0n) is 15.0. The van der Waals surface area contributed by atoms with Crippen molar-refractivity contribution in [3.63, 3.8) is 0 Å². The van der Waals surface area contributed by atoms with E-state index in [1.165, 1.54) is 0 Å². The smallest absolute Gasteiger partial charge is 0.227 e. The quantitative estimate of drug-likeness (QED) is 0.612. The second-order valence-electron chi connectivity index (χ2n) is 7.45. The maximum atomic E-state index is 13.3. The van der Waals surface area contributed by atoms with E-state index in [9.17, 15) is 4.79 Å². The minimum absolute atomic E-state index is 0.0778. The fourth-order valence-corrected chi connectivity index (χ4v) is 3.88. The number of nitrogens with zero attached hydrogens (tertiary/aromatic N) is 1. The van der Waals surface area contributed by atoms with Crippen LogP contribution in [-0.2, 0) is 17.9 Å². The summed E-state index contributed by atoms with van der Waals surface area (Å²) in [5.41, 5.74) is 2.12. The van der Waals surface area contributed by atoms with Crippen molar-refractivity contribution in [1.82, 2.24) is 4.90 Å². The van der Waals surface area contributed by atoms with Crippen LogP contribution in [0, 0.1) is 17.3 Å². The van der Waals surface area contributed by atoms with Gasteiger partial charge in [0.2, 0.25) is 5.91 Å². The molecular formula is C22H23Cl2NO. The normalized spacial score (nSPS) is 20.3. The van der Waals surface area contributed by atoms with Gasteiger partial charge in [-0.25, -0.2) is 0 Å². The zero-order valence-corrected chi connectivity index (χ0v) is 16.5. The molecule has 0 bridgehead atoms. The average molecular weight is 388 g/mol. The first-order valence-electron chi connectivity index (χ1n) is 8.79. The van der Waals surface area contributed by atoms with Gasteiger partial charge in [0, 0.05) is 13.1 Å². The van der Waals surface area contributed by atoms with Crippen molar-refractivity contribution < 1.29 is 4.79 Å². The summed E-state index contributed by atoms with van der Waals surface area (Å²) in [6.07, 6.45) is 1.80. The molecule has 1 fully saturated rings. The number of hydrogen-bond acceptors (Lipinski definition) is 1. The SMILES string of the molecule is CC1(C)C(C=C(Cl)Cl)C1C(=O)N(Cc1ccccc1)Cc1ccccc1. The van der Waals surface area contributed by atoms with E-state index in [2.05, 4.69) is 38.1 Å². The third kappa shape index (κ3) is 4.31. The van der Waals surface area contributed by atoms with E-state index < -0.39 is 0 Å². The lowest BCUT2D eigenvalue weighted by molar-refractivity contribution is -0.134. The summed E-state index contributed by atoms with van der Waals surface area (Å²) in [5.74, 6) is 0.134. The van der Waals surface area contributed by atoms with Gasteiger partial charge in [-0.3, -0.25) is 4.79 Å². The van der Waals surface area contributed by atoms with Crippen molar-refractivity contribution in [2.24, 2.45) is 17.3 Å². The first-order valence-corrected chi connectivity index (χ1v) is 9.54. The van der Waals surface area contributed by atoms with E-state index in [0.29, 0.717) is 13.1 Å². The largest absolute Gasteiger partial charge is 0.334 e. The summed E-state index contributed by atoms with van der Waals surface area (Å²) in [4.78, 5) is 15.3. The van der Waals surface area contributed by atoms with Crippen molar-refractivity contribution in [2.45, 2.75) is 26.9 Å². The molecule has 136 valence electrons. The Hall–Kier alpha value is -1.77. The summed E-state index contributed by atoms with van der Waals surface area (Å²) in [6.45, 7) is 5.37. The Labute approximate surface area is 165 Å². The Bertz CT molecular complexity index is 741. The molecule has 2 unspecified atom stereocenters. The van der Waals surface area contributed by atoms with Gasteiger partial charge in [0.15, 0.2) is 0 Å². The number of carbonyl (C=O) groups is 1. The summed E-state index contributed by atoms with van der Waals surface area (Å²) >= 11 is 11.7. The highest BCUT2D eigenvalue weighted by Crippen LogP contribution is 2.60. The van der Waals surface area contributed by atoms with Crippen molar-refractivity contribution in [2.75, 3.05) is 0 Å². The van der Waals surface area contributed by atoms with Gasteiger partial charge in [0.25, 0.3) is 0 Å². The van der Waals surface area contributed by atoms with Gasteiger partial charge in [-0.05, 0) is 28.5 Å². The van der Waals surface area contributed by atoms with Gasteiger partial charge >= 0.3 is 0 Å². The lowest BCUT2D eigenvalue weighted by Gasteiger charge is -2.24. The number of hydrogen-bond donors (Lipinski definition) is 0. The Morgan fingerprint density at radius 3 is 1.85 bits per heavy atom. The number of halogens is 2. The van der Waals surface area contributed by atoms with E-state index in [4.69, 9.17) is 23.2 Å². The van der Waals surface area contributed by atoms with Crippen LogP contribution < -0.4 is 0 Å². The third-order valence-electron chi connectivity index (χ3n) is 5.23. The molecule has 3 rings (SSSR count). The van der Waals surface area contributed by atoms with Crippen LogP contribution in [0.4, 0.5) is 0 Å². The average Bonchev–Trinajstić information content (AvgIpc) is 3.15. The molecular weight excluding hydrogens is 365 g/mol. The minimum Gasteiger partial charge on any atom is -0.334 e. The maximum absolute atomic E-state index is 13.3. The lowest BCUT2D eigenvalue weighted by Crippen LogP contribution is -2.32. The Kier molecular flexibility index (Phi) is 5.74. The molecule has 0 heterocycles. The molecule has 2 aromatic carbocycles. The number of amides is 1. The lowest BCUT2D eigenvalue weighted by atomic mass is 10.1. The number of allylic oxidation sites excluding steroid dienone is 1. The van der Waals surface area contributed by atoms with Crippen LogP contribution in [-0.4, -0.2) is 10.8 Å². The van der Waals surface area contributed by atoms with Gasteiger partial charge < -0.3 is 4.90 Å². The predicted octanol–water partition coefficient (Wildman–Crippen LogP) is 5.81. The molecule has 1 amide bonds. The number of carbonyl (C=O) groups excluding carboxylic acids is 1. The highest BCUT2D eigenvalue weighted by molar-refractivity contribution is 6.55. The third-order valence-corrected chi connectivity index (χ3v) is 5.48. The Balaban J connectivity index is 1.83. The summed E-state index contributed by atoms with van der Waals surface area (Å²) in [6, 6.07) is 20.2. The van der Waals surface area contributed by atoms with Crippen LogP contribution in [0.2, 0.25) is 0 Å². The standard InChI is InChI=1S/C22H23Cl2NO/c1-22(2)18(13-19(23)24)20(22)21(26)25(14-16-9-5-3-6-10-16)15-17-11-7-4-8-12-17/h3-13,18,20H,14-15H2,1-2H3. The Morgan fingerprint density at radius 1 is 0.962 bits per heavy atom. The molecule has 1 aliphatic carbocycles. The van der Waals surface area contributed by atoms with Crippen molar-refractivity contribution in [1.29, 1.82) is 0 Å². The fourth-order valence-electron chi connectivity index (χ4n) is 3.61. The van der Waals surface area contributed by atoms with Crippen molar-refractivity contribution in [3.05, 3.63) is 82.4 Å². The van der Waals surface area contributed by atoms with Crippen LogP contribution >= 0.6 is 23.2 Å². The second kappa shape index (κ2) is 7.85. The molecule has 0 N–H and O–H groups in total. The van der Waals surface area contributed by atoms with E-state index >= 15 is 0 Å². The molecule has 1 saturated carbocycles.